The quantitative estimate of drug-likeness (QED) is 0.383. The van der Waals surface area contributed by atoms with E-state index in [1.165, 1.54) is 0 Å². The standard InChI is InChI=1S/C14H26N2O5/c1-3-19-9-10-21-11-5-7-16(8-6-11)13(17)12(15)14(18)20-4-2/h11-12H,3-10,15H2,1-2H3. The zero-order chi connectivity index (χ0) is 15.7. The molecule has 0 aromatic carbocycles. The average Bonchev–Trinajstić information content (AvgIpc) is 2.51. The second kappa shape index (κ2) is 9.70. The van der Waals surface area contributed by atoms with E-state index in [9.17, 15) is 9.59 Å². The average molecular weight is 302 g/mol. The van der Waals surface area contributed by atoms with Crippen molar-refractivity contribution in [3.8, 4) is 0 Å². The van der Waals surface area contributed by atoms with Gasteiger partial charge in [-0.25, -0.2) is 4.79 Å². The van der Waals surface area contributed by atoms with Gasteiger partial charge in [-0.15, -0.1) is 0 Å². The molecular weight excluding hydrogens is 276 g/mol. The predicted molar refractivity (Wildman–Crippen MR) is 76.7 cm³/mol. The number of nitrogens with two attached hydrogens (primary N) is 1. The number of ether oxygens (including phenoxy) is 3. The van der Waals surface area contributed by atoms with Gasteiger partial charge >= 0.3 is 5.97 Å². The van der Waals surface area contributed by atoms with Gasteiger partial charge in [0.05, 0.1) is 25.9 Å². The van der Waals surface area contributed by atoms with Crippen LogP contribution in [0, 0.1) is 0 Å². The van der Waals surface area contributed by atoms with E-state index < -0.39 is 12.0 Å². The molecule has 1 aliphatic heterocycles. The van der Waals surface area contributed by atoms with Crippen molar-refractivity contribution in [1.29, 1.82) is 0 Å². The molecule has 0 bridgehead atoms. The van der Waals surface area contributed by atoms with Crippen LogP contribution in [-0.2, 0) is 23.8 Å². The van der Waals surface area contributed by atoms with E-state index in [-0.39, 0.29) is 18.6 Å². The molecule has 1 fully saturated rings. The molecule has 7 heteroatoms. The van der Waals surface area contributed by atoms with Crippen molar-refractivity contribution < 1.29 is 23.8 Å². The summed E-state index contributed by atoms with van der Waals surface area (Å²) in [4.78, 5) is 25.1. The van der Waals surface area contributed by atoms with Crippen LogP contribution in [0.1, 0.15) is 26.7 Å². The number of nitrogens with zero attached hydrogens (tertiary/aromatic N) is 1. The van der Waals surface area contributed by atoms with Crippen LogP contribution in [0.3, 0.4) is 0 Å². The Labute approximate surface area is 125 Å². The minimum Gasteiger partial charge on any atom is -0.464 e. The summed E-state index contributed by atoms with van der Waals surface area (Å²) in [5.41, 5.74) is 5.61. The van der Waals surface area contributed by atoms with Crippen LogP contribution in [0.15, 0.2) is 0 Å². The van der Waals surface area contributed by atoms with Gasteiger partial charge in [-0.1, -0.05) is 0 Å². The lowest BCUT2D eigenvalue weighted by Gasteiger charge is -2.33. The van der Waals surface area contributed by atoms with E-state index in [0.29, 0.717) is 32.9 Å². The summed E-state index contributed by atoms with van der Waals surface area (Å²) >= 11 is 0. The van der Waals surface area contributed by atoms with Gasteiger partial charge in [-0.05, 0) is 26.7 Å². The normalized spacial score (nSPS) is 17.6. The van der Waals surface area contributed by atoms with Crippen LogP contribution in [0.2, 0.25) is 0 Å². The maximum atomic E-state index is 12.1. The predicted octanol–water partition coefficient (Wildman–Crippen LogP) is -0.0791. The largest absolute Gasteiger partial charge is 0.464 e. The summed E-state index contributed by atoms with van der Waals surface area (Å²) in [7, 11) is 0. The van der Waals surface area contributed by atoms with Crippen molar-refractivity contribution in [2.75, 3.05) is 39.5 Å². The Bertz CT molecular complexity index is 329. The SMILES string of the molecule is CCOCCOC1CCN(C(=O)C(N)C(=O)OCC)CC1. The lowest BCUT2D eigenvalue weighted by molar-refractivity contribution is -0.151. The topological polar surface area (TPSA) is 91.1 Å². The summed E-state index contributed by atoms with van der Waals surface area (Å²) in [6.07, 6.45) is 1.62. The van der Waals surface area contributed by atoms with Gasteiger partial charge in [0, 0.05) is 19.7 Å². The summed E-state index contributed by atoms with van der Waals surface area (Å²) in [5.74, 6) is -1.04. The number of hydrogen-bond donors (Lipinski definition) is 1. The minimum absolute atomic E-state index is 0.133. The van der Waals surface area contributed by atoms with E-state index in [0.717, 1.165) is 12.8 Å². The van der Waals surface area contributed by atoms with Crippen LogP contribution >= 0.6 is 0 Å². The molecule has 0 aromatic rings. The number of hydrogen-bond acceptors (Lipinski definition) is 6. The van der Waals surface area contributed by atoms with E-state index in [1.807, 2.05) is 6.92 Å². The number of piperidine rings is 1. The number of carbonyl (C=O) groups is 2. The number of rotatable bonds is 8. The third-order valence-electron chi connectivity index (χ3n) is 3.35. The summed E-state index contributed by atoms with van der Waals surface area (Å²) in [6, 6.07) is -1.22. The van der Waals surface area contributed by atoms with Crippen LogP contribution < -0.4 is 5.73 Å². The molecule has 0 aromatic heterocycles. The van der Waals surface area contributed by atoms with Crippen LogP contribution in [-0.4, -0.2) is 68.4 Å². The summed E-state index contributed by atoms with van der Waals surface area (Å²) in [5, 5.41) is 0. The van der Waals surface area contributed by atoms with Crippen LogP contribution in [0.4, 0.5) is 0 Å². The third kappa shape index (κ3) is 5.99. The zero-order valence-electron chi connectivity index (χ0n) is 12.9. The Morgan fingerprint density at radius 2 is 1.86 bits per heavy atom. The van der Waals surface area contributed by atoms with Crippen molar-refractivity contribution in [3.63, 3.8) is 0 Å². The highest BCUT2D eigenvalue weighted by Crippen LogP contribution is 2.14. The van der Waals surface area contributed by atoms with Gasteiger partial charge in [0.25, 0.3) is 5.91 Å². The Kier molecular flexibility index (Phi) is 8.26. The molecule has 1 saturated heterocycles. The van der Waals surface area contributed by atoms with E-state index in [4.69, 9.17) is 19.9 Å². The van der Waals surface area contributed by atoms with Crippen molar-refractivity contribution in [1.82, 2.24) is 4.90 Å². The fourth-order valence-corrected chi connectivity index (χ4v) is 2.19. The summed E-state index contributed by atoms with van der Waals surface area (Å²) in [6.45, 7) is 6.77. The van der Waals surface area contributed by atoms with Crippen LogP contribution in [0.25, 0.3) is 0 Å². The molecule has 1 aliphatic rings. The lowest BCUT2D eigenvalue weighted by atomic mass is 10.1. The van der Waals surface area contributed by atoms with E-state index in [1.54, 1.807) is 11.8 Å². The zero-order valence-corrected chi connectivity index (χ0v) is 12.9. The lowest BCUT2D eigenvalue weighted by Crippen LogP contribution is -2.51. The van der Waals surface area contributed by atoms with Crippen molar-refractivity contribution in [2.24, 2.45) is 5.73 Å². The van der Waals surface area contributed by atoms with Crippen molar-refractivity contribution in [3.05, 3.63) is 0 Å². The Morgan fingerprint density at radius 3 is 2.43 bits per heavy atom. The smallest absolute Gasteiger partial charge is 0.332 e. The maximum absolute atomic E-state index is 12.1. The van der Waals surface area contributed by atoms with Gasteiger partial charge in [0.1, 0.15) is 0 Å². The van der Waals surface area contributed by atoms with Gasteiger partial charge in [0.15, 0.2) is 6.04 Å². The van der Waals surface area contributed by atoms with Crippen molar-refractivity contribution in [2.45, 2.75) is 38.8 Å². The number of carbonyl (C=O) groups excluding carboxylic acids is 2. The minimum atomic E-state index is -1.22. The Hall–Kier alpha value is -1.18. The molecule has 1 atom stereocenters. The van der Waals surface area contributed by atoms with Gasteiger partial charge in [-0.3, -0.25) is 4.79 Å². The van der Waals surface area contributed by atoms with E-state index >= 15 is 0 Å². The second-order valence-electron chi connectivity index (χ2n) is 4.82. The molecule has 0 radical (unpaired) electrons. The molecular formula is C14H26N2O5. The first-order chi connectivity index (χ1) is 10.1. The molecule has 1 heterocycles. The molecule has 2 N–H and O–H groups in total. The van der Waals surface area contributed by atoms with Gasteiger partial charge < -0.3 is 24.8 Å². The molecule has 0 aliphatic carbocycles. The molecule has 7 nitrogen and oxygen atoms in total. The fraction of sp³-hybridized carbons (Fsp3) is 0.857. The first-order valence-corrected chi connectivity index (χ1v) is 7.50. The Morgan fingerprint density at radius 1 is 1.19 bits per heavy atom. The monoisotopic (exact) mass is 302 g/mol. The van der Waals surface area contributed by atoms with Crippen molar-refractivity contribution >= 4 is 11.9 Å². The highest BCUT2D eigenvalue weighted by atomic mass is 16.5. The molecule has 21 heavy (non-hydrogen) atoms. The highest BCUT2D eigenvalue weighted by molar-refractivity contribution is 6.01. The fourth-order valence-electron chi connectivity index (χ4n) is 2.19. The van der Waals surface area contributed by atoms with E-state index in [2.05, 4.69) is 0 Å². The second-order valence-corrected chi connectivity index (χ2v) is 4.82. The Balaban J connectivity index is 2.28. The third-order valence-corrected chi connectivity index (χ3v) is 3.35. The maximum Gasteiger partial charge on any atom is 0.332 e. The highest BCUT2D eigenvalue weighted by Gasteiger charge is 2.31. The van der Waals surface area contributed by atoms with Gasteiger partial charge in [0.2, 0.25) is 0 Å². The molecule has 122 valence electrons. The molecule has 0 spiro atoms. The first kappa shape index (κ1) is 17.9. The number of amides is 1. The molecule has 1 unspecified atom stereocenters. The van der Waals surface area contributed by atoms with Gasteiger partial charge in [-0.2, -0.15) is 0 Å². The first-order valence-electron chi connectivity index (χ1n) is 7.50. The number of esters is 1. The van der Waals surface area contributed by atoms with Crippen LogP contribution in [0.5, 0.6) is 0 Å². The summed E-state index contributed by atoms with van der Waals surface area (Å²) < 4.78 is 15.6. The number of likely N-dealkylation sites (tertiary alicyclic amines) is 1. The molecule has 1 rings (SSSR count). The molecule has 0 saturated carbocycles. The molecule has 1 amide bonds.